The molecule has 0 spiro atoms. The molecule has 1 aliphatic rings. The molecule has 1 fully saturated rings. The van der Waals surface area contributed by atoms with Crippen molar-refractivity contribution >= 4 is 15.7 Å². The van der Waals surface area contributed by atoms with Crippen LogP contribution in [0.1, 0.15) is 12.0 Å². The molecule has 0 saturated carbocycles. The monoisotopic (exact) mass is 318 g/mol. The van der Waals surface area contributed by atoms with Crippen molar-refractivity contribution in [2.75, 3.05) is 13.1 Å². The molecule has 1 aromatic rings. The van der Waals surface area contributed by atoms with Crippen LogP contribution in [0.5, 0.6) is 0 Å². The summed E-state index contributed by atoms with van der Waals surface area (Å²) in [7, 11) is -4.59. The Bertz CT molecular complexity index is 617. The second kappa shape index (κ2) is 6.07. The zero-order valence-corrected chi connectivity index (χ0v) is 12.0. The number of carbonyl (C=O) groups excluding carboxylic acids is 1. The highest BCUT2D eigenvalue weighted by Crippen LogP contribution is 2.19. The summed E-state index contributed by atoms with van der Waals surface area (Å²) in [6.07, 6.45) is 0.860. The third-order valence-electron chi connectivity index (χ3n) is 3.42. The summed E-state index contributed by atoms with van der Waals surface area (Å²) in [5.74, 6) is -3.55. The van der Waals surface area contributed by atoms with Crippen molar-refractivity contribution in [2.24, 2.45) is 5.73 Å². The van der Waals surface area contributed by atoms with Crippen LogP contribution in [-0.2, 0) is 21.1 Å². The molecular formula is C13H16F2N2O3S. The first-order chi connectivity index (χ1) is 9.80. The predicted molar refractivity (Wildman–Crippen MR) is 72.5 cm³/mol. The number of benzene rings is 1. The number of nitrogens with two attached hydrogens (primary N) is 1. The van der Waals surface area contributed by atoms with E-state index in [-0.39, 0.29) is 18.4 Å². The summed E-state index contributed by atoms with van der Waals surface area (Å²) in [6.45, 7) is 1.12. The average Bonchev–Trinajstić information content (AvgIpc) is 2.86. The molecule has 0 unspecified atom stereocenters. The number of sulfone groups is 1. The minimum absolute atomic E-state index is 0.00693. The molecule has 5 nitrogen and oxygen atoms in total. The van der Waals surface area contributed by atoms with Gasteiger partial charge in [-0.25, -0.2) is 8.42 Å². The highest BCUT2D eigenvalue weighted by molar-refractivity contribution is 7.91. The first-order valence-corrected chi connectivity index (χ1v) is 7.99. The SMILES string of the molecule is N[C@@H]1CCN(C(=O)Cc2ccc(S(=O)(=O)C(F)F)cc2)C1. The number of carbonyl (C=O) groups is 1. The molecule has 1 aromatic carbocycles. The Kier molecular flexibility index (Phi) is 4.58. The summed E-state index contributed by atoms with van der Waals surface area (Å²) in [5.41, 5.74) is 6.30. The average molecular weight is 318 g/mol. The summed E-state index contributed by atoms with van der Waals surface area (Å²) in [5, 5.41) is 0. The van der Waals surface area contributed by atoms with Crippen molar-refractivity contribution in [3.63, 3.8) is 0 Å². The molecule has 0 radical (unpaired) electrons. The zero-order chi connectivity index (χ0) is 15.6. The Hall–Kier alpha value is -1.54. The lowest BCUT2D eigenvalue weighted by molar-refractivity contribution is -0.129. The standard InChI is InChI=1S/C13H16F2N2O3S/c14-13(15)21(19,20)11-3-1-9(2-4-11)7-12(18)17-6-5-10(16)8-17/h1-4,10,13H,5-8,16H2/t10-/m1/s1. The van der Waals surface area contributed by atoms with E-state index in [1.165, 1.54) is 12.1 Å². The number of rotatable bonds is 4. The lowest BCUT2D eigenvalue weighted by Crippen LogP contribution is -2.32. The van der Waals surface area contributed by atoms with Crippen molar-refractivity contribution in [2.45, 2.75) is 29.5 Å². The van der Waals surface area contributed by atoms with Gasteiger partial charge in [-0.15, -0.1) is 0 Å². The van der Waals surface area contributed by atoms with E-state index in [2.05, 4.69) is 0 Å². The van der Waals surface area contributed by atoms with E-state index in [0.717, 1.165) is 18.6 Å². The first-order valence-electron chi connectivity index (χ1n) is 6.45. The van der Waals surface area contributed by atoms with Crippen molar-refractivity contribution in [3.8, 4) is 0 Å². The van der Waals surface area contributed by atoms with Gasteiger partial charge in [-0.05, 0) is 24.1 Å². The molecule has 0 bridgehead atoms. The number of hydrogen-bond donors (Lipinski definition) is 1. The molecule has 0 aliphatic carbocycles. The fraction of sp³-hybridized carbons (Fsp3) is 0.462. The third-order valence-corrected chi connectivity index (χ3v) is 4.82. The van der Waals surface area contributed by atoms with E-state index >= 15 is 0 Å². The highest BCUT2D eigenvalue weighted by atomic mass is 32.2. The molecule has 1 heterocycles. The maximum atomic E-state index is 12.4. The predicted octanol–water partition coefficient (Wildman–Crippen LogP) is 0.785. The lowest BCUT2D eigenvalue weighted by Gasteiger charge is -2.15. The van der Waals surface area contributed by atoms with E-state index in [1.54, 1.807) is 4.90 Å². The molecule has 1 saturated heterocycles. The molecule has 0 aromatic heterocycles. The maximum absolute atomic E-state index is 12.4. The number of halogens is 2. The summed E-state index contributed by atoms with van der Waals surface area (Å²) in [4.78, 5) is 13.2. The fourth-order valence-corrected chi connectivity index (χ4v) is 2.92. The highest BCUT2D eigenvalue weighted by Gasteiger charge is 2.27. The van der Waals surface area contributed by atoms with E-state index in [1.807, 2.05) is 0 Å². The van der Waals surface area contributed by atoms with Gasteiger partial charge in [-0.3, -0.25) is 4.79 Å². The van der Waals surface area contributed by atoms with Gasteiger partial charge >= 0.3 is 5.76 Å². The van der Waals surface area contributed by atoms with Gasteiger partial charge in [0.05, 0.1) is 11.3 Å². The van der Waals surface area contributed by atoms with Crippen LogP contribution >= 0.6 is 0 Å². The Balaban J connectivity index is 2.05. The fourth-order valence-electron chi connectivity index (χ4n) is 2.20. The van der Waals surface area contributed by atoms with Gasteiger partial charge < -0.3 is 10.6 Å². The second-order valence-corrected chi connectivity index (χ2v) is 6.93. The minimum atomic E-state index is -4.59. The molecule has 2 N–H and O–H groups in total. The van der Waals surface area contributed by atoms with Gasteiger partial charge in [0, 0.05) is 19.1 Å². The largest absolute Gasteiger partial charge is 0.341 e. The van der Waals surface area contributed by atoms with Crippen LogP contribution in [0.15, 0.2) is 29.2 Å². The van der Waals surface area contributed by atoms with Crippen LogP contribution in [0.25, 0.3) is 0 Å². The second-order valence-electron chi connectivity index (χ2n) is 5.01. The lowest BCUT2D eigenvalue weighted by atomic mass is 10.1. The Morgan fingerprint density at radius 2 is 1.95 bits per heavy atom. The number of alkyl halides is 2. The van der Waals surface area contributed by atoms with E-state index in [0.29, 0.717) is 18.7 Å². The van der Waals surface area contributed by atoms with Gasteiger partial charge in [0.25, 0.3) is 0 Å². The van der Waals surface area contributed by atoms with E-state index in [9.17, 15) is 22.0 Å². The van der Waals surface area contributed by atoms with Crippen LogP contribution < -0.4 is 5.73 Å². The summed E-state index contributed by atoms with van der Waals surface area (Å²) >= 11 is 0. The van der Waals surface area contributed by atoms with Crippen LogP contribution in [0, 0.1) is 0 Å². The van der Waals surface area contributed by atoms with Crippen LogP contribution in [0.2, 0.25) is 0 Å². The Morgan fingerprint density at radius 3 is 2.43 bits per heavy atom. The molecular weight excluding hydrogens is 302 g/mol. The van der Waals surface area contributed by atoms with E-state index < -0.39 is 20.5 Å². The maximum Gasteiger partial charge on any atom is 0.341 e. The van der Waals surface area contributed by atoms with Crippen molar-refractivity contribution < 1.29 is 22.0 Å². The number of amides is 1. The molecule has 1 atom stereocenters. The number of hydrogen-bond acceptors (Lipinski definition) is 4. The van der Waals surface area contributed by atoms with Gasteiger partial charge in [-0.2, -0.15) is 8.78 Å². The topological polar surface area (TPSA) is 80.5 Å². The van der Waals surface area contributed by atoms with Crippen LogP contribution in [0.3, 0.4) is 0 Å². The molecule has 1 aliphatic heterocycles. The minimum Gasteiger partial charge on any atom is -0.341 e. The molecule has 116 valence electrons. The van der Waals surface area contributed by atoms with Gasteiger partial charge in [0.2, 0.25) is 15.7 Å². The van der Waals surface area contributed by atoms with Crippen LogP contribution in [-0.4, -0.2) is 44.1 Å². The summed E-state index contributed by atoms with van der Waals surface area (Å²) < 4.78 is 47.3. The zero-order valence-electron chi connectivity index (χ0n) is 11.2. The quantitative estimate of drug-likeness (QED) is 0.890. The third kappa shape index (κ3) is 3.56. The van der Waals surface area contributed by atoms with Gasteiger partial charge in [-0.1, -0.05) is 12.1 Å². The Morgan fingerprint density at radius 1 is 1.33 bits per heavy atom. The van der Waals surface area contributed by atoms with Crippen molar-refractivity contribution in [1.29, 1.82) is 0 Å². The number of likely N-dealkylation sites (tertiary alicyclic amines) is 1. The van der Waals surface area contributed by atoms with Crippen molar-refractivity contribution in [1.82, 2.24) is 4.90 Å². The Labute approximate surface area is 121 Å². The molecule has 1 amide bonds. The van der Waals surface area contributed by atoms with Crippen LogP contribution in [0.4, 0.5) is 8.78 Å². The summed E-state index contributed by atoms with van der Waals surface area (Å²) in [6, 6.07) is 4.94. The smallest absolute Gasteiger partial charge is 0.341 e. The van der Waals surface area contributed by atoms with Gasteiger partial charge in [0.1, 0.15) is 0 Å². The van der Waals surface area contributed by atoms with Crippen molar-refractivity contribution in [3.05, 3.63) is 29.8 Å². The molecule has 21 heavy (non-hydrogen) atoms. The first kappa shape index (κ1) is 15.8. The molecule has 8 heteroatoms. The van der Waals surface area contributed by atoms with E-state index in [4.69, 9.17) is 5.73 Å². The molecule has 2 rings (SSSR count). The van der Waals surface area contributed by atoms with Gasteiger partial charge in [0.15, 0.2) is 0 Å². The normalized spacial score (nSPS) is 19.2. The number of nitrogens with zero attached hydrogens (tertiary/aromatic N) is 1.